The van der Waals surface area contributed by atoms with Gasteiger partial charge in [0.15, 0.2) is 0 Å². The van der Waals surface area contributed by atoms with Crippen LogP contribution < -0.4 is 5.73 Å². The van der Waals surface area contributed by atoms with Crippen molar-refractivity contribution >= 4 is 15.9 Å². The van der Waals surface area contributed by atoms with Crippen molar-refractivity contribution in [1.82, 2.24) is 4.90 Å². The Hall–Kier alpha value is -0.380. The molecule has 0 aromatic heterocycles. The van der Waals surface area contributed by atoms with Crippen LogP contribution in [0, 0.1) is 5.92 Å². The highest BCUT2D eigenvalue weighted by atomic mass is 79.9. The molecule has 96 valence electrons. The molecule has 2 N–H and O–H groups in total. The molecular formula is C14H23BrN2. The van der Waals surface area contributed by atoms with Crippen molar-refractivity contribution in [2.24, 2.45) is 11.7 Å². The Bertz CT molecular complexity index is 328. The second-order valence-corrected chi connectivity index (χ2v) is 5.78. The molecule has 1 aromatic carbocycles. The summed E-state index contributed by atoms with van der Waals surface area (Å²) in [5, 5.41) is 0. The molecule has 3 heteroatoms. The molecule has 1 unspecified atom stereocenters. The second kappa shape index (κ2) is 7.85. The summed E-state index contributed by atoms with van der Waals surface area (Å²) in [6, 6.07) is 8.51. The van der Waals surface area contributed by atoms with Crippen molar-refractivity contribution in [3.8, 4) is 0 Å². The minimum absolute atomic E-state index is 0.718. The largest absolute Gasteiger partial charge is 0.330 e. The molecule has 0 heterocycles. The van der Waals surface area contributed by atoms with Crippen LogP contribution in [0.25, 0.3) is 0 Å². The van der Waals surface area contributed by atoms with Gasteiger partial charge in [-0.3, -0.25) is 0 Å². The Morgan fingerprint density at radius 3 is 2.82 bits per heavy atom. The molecule has 0 fully saturated rings. The van der Waals surface area contributed by atoms with Crippen LogP contribution in [0.15, 0.2) is 28.7 Å². The highest BCUT2D eigenvalue weighted by molar-refractivity contribution is 9.10. The Morgan fingerprint density at radius 2 is 2.18 bits per heavy atom. The Balaban J connectivity index is 2.36. The van der Waals surface area contributed by atoms with E-state index < -0.39 is 0 Å². The van der Waals surface area contributed by atoms with Crippen LogP contribution in [0.1, 0.15) is 25.3 Å². The van der Waals surface area contributed by atoms with Crippen LogP contribution >= 0.6 is 15.9 Å². The van der Waals surface area contributed by atoms with Crippen LogP contribution in [0.3, 0.4) is 0 Å². The van der Waals surface area contributed by atoms with E-state index in [0.29, 0.717) is 0 Å². The lowest BCUT2D eigenvalue weighted by Crippen LogP contribution is -2.24. The first-order valence-corrected chi connectivity index (χ1v) is 7.04. The van der Waals surface area contributed by atoms with Gasteiger partial charge in [-0.05, 0) is 50.0 Å². The summed E-state index contributed by atoms with van der Waals surface area (Å²) in [4.78, 5) is 2.38. The minimum Gasteiger partial charge on any atom is -0.330 e. The zero-order valence-electron chi connectivity index (χ0n) is 10.8. The van der Waals surface area contributed by atoms with Gasteiger partial charge in [-0.1, -0.05) is 35.0 Å². The number of benzene rings is 1. The van der Waals surface area contributed by atoms with Gasteiger partial charge in [0.1, 0.15) is 0 Å². The van der Waals surface area contributed by atoms with Crippen molar-refractivity contribution in [2.75, 3.05) is 20.1 Å². The number of hydrogen-bond donors (Lipinski definition) is 1. The van der Waals surface area contributed by atoms with E-state index in [2.05, 4.69) is 59.1 Å². The molecule has 0 spiro atoms. The maximum atomic E-state index is 5.53. The lowest BCUT2D eigenvalue weighted by molar-refractivity contribution is 0.269. The number of halogens is 1. The first-order valence-electron chi connectivity index (χ1n) is 6.25. The van der Waals surface area contributed by atoms with Gasteiger partial charge in [0.05, 0.1) is 0 Å². The van der Waals surface area contributed by atoms with Crippen molar-refractivity contribution in [2.45, 2.75) is 26.3 Å². The third kappa shape index (κ3) is 6.20. The average molecular weight is 299 g/mol. The normalized spacial score (nSPS) is 13.0. The van der Waals surface area contributed by atoms with E-state index in [-0.39, 0.29) is 0 Å². The molecule has 0 amide bonds. The molecule has 0 saturated carbocycles. The fourth-order valence-electron chi connectivity index (χ4n) is 2.10. The lowest BCUT2D eigenvalue weighted by atomic mass is 10.0. The Kier molecular flexibility index (Phi) is 6.78. The van der Waals surface area contributed by atoms with Gasteiger partial charge in [-0.2, -0.15) is 0 Å². The van der Waals surface area contributed by atoms with Crippen molar-refractivity contribution in [3.05, 3.63) is 34.3 Å². The zero-order chi connectivity index (χ0) is 12.7. The summed E-state index contributed by atoms with van der Waals surface area (Å²) >= 11 is 3.50. The first kappa shape index (κ1) is 14.7. The van der Waals surface area contributed by atoms with E-state index in [9.17, 15) is 0 Å². The summed E-state index contributed by atoms with van der Waals surface area (Å²) in [5.41, 5.74) is 6.88. The first-order chi connectivity index (χ1) is 8.11. The van der Waals surface area contributed by atoms with Crippen molar-refractivity contribution in [3.63, 3.8) is 0 Å². The summed E-state index contributed by atoms with van der Waals surface area (Å²) in [6.45, 7) is 5.24. The topological polar surface area (TPSA) is 29.3 Å². The molecule has 0 saturated heterocycles. The van der Waals surface area contributed by atoms with Crippen LogP contribution in [-0.4, -0.2) is 25.0 Å². The maximum absolute atomic E-state index is 5.53. The quantitative estimate of drug-likeness (QED) is 0.837. The van der Waals surface area contributed by atoms with E-state index in [0.717, 1.165) is 36.4 Å². The SMILES string of the molecule is CC(CCCN)CN(C)Cc1cccc(Br)c1. The standard InChI is InChI=1S/C14H23BrN2/c1-12(5-4-8-16)10-17(2)11-13-6-3-7-14(15)9-13/h3,6-7,9,12H,4-5,8,10-11,16H2,1-2H3. The van der Waals surface area contributed by atoms with Gasteiger partial charge in [-0.25, -0.2) is 0 Å². The average Bonchev–Trinajstić information content (AvgIpc) is 2.26. The van der Waals surface area contributed by atoms with Gasteiger partial charge < -0.3 is 10.6 Å². The number of hydrogen-bond acceptors (Lipinski definition) is 2. The highest BCUT2D eigenvalue weighted by Crippen LogP contribution is 2.14. The molecule has 0 radical (unpaired) electrons. The van der Waals surface area contributed by atoms with Gasteiger partial charge in [0.2, 0.25) is 0 Å². The van der Waals surface area contributed by atoms with Gasteiger partial charge in [0, 0.05) is 17.6 Å². The van der Waals surface area contributed by atoms with E-state index in [4.69, 9.17) is 5.73 Å². The Morgan fingerprint density at radius 1 is 1.41 bits per heavy atom. The van der Waals surface area contributed by atoms with Gasteiger partial charge in [-0.15, -0.1) is 0 Å². The fraction of sp³-hybridized carbons (Fsp3) is 0.571. The van der Waals surface area contributed by atoms with Gasteiger partial charge in [0.25, 0.3) is 0 Å². The van der Waals surface area contributed by atoms with E-state index in [1.54, 1.807) is 0 Å². The lowest BCUT2D eigenvalue weighted by Gasteiger charge is -2.21. The third-order valence-electron chi connectivity index (χ3n) is 2.87. The summed E-state index contributed by atoms with van der Waals surface area (Å²) in [5.74, 6) is 0.718. The highest BCUT2D eigenvalue weighted by Gasteiger charge is 2.06. The fourth-order valence-corrected chi connectivity index (χ4v) is 2.55. The predicted octanol–water partition coefficient (Wildman–Crippen LogP) is 3.26. The molecular weight excluding hydrogens is 276 g/mol. The van der Waals surface area contributed by atoms with Gasteiger partial charge >= 0.3 is 0 Å². The monoisotopic (exact) mass is 298 g/mol. The molecule has 0 aliphatic carbocycles. The molecule has 0 bridgehead atoms. The smallest absolute Gasteiger partial charge is 0.0231 e. The zero-order valence-corrected chi connectivity index (χ0v) is 12.4. The summed E-state index contributed by atoms with van der Waals surface area (Å²) in [6.07, 6.45) is 2.35. The molecule has 2 nitrogen and oxygen atoms in total. The number of nitrogens with zero attached hydrogens (tertiary/aromatic N) is 1. The van der Waals surface area contributed by atoms with Crippen LogP contribution in [0.5, 0.6) is 0 Å². The molecule has 1 aromatic rings. The summed E-state index contributed by atoms with van der Waals surface area (Å²) in [7, 11) is 2.18. The van der Waals surface area contributed by atoms with Crippen LogP contribution in [0.4, 0.5) is 0 Å². The number of rotatable bonds is 7. The molecule has 0 aliphatic rings. The molecule has 1 atom stereocenters. The molecule has 1 rings (SSSR count). The predicted molar refractivity (Wildman–Crippen MR) is 77.9 cm³/mol. The molecule has 17 heavy (non-hydrogen) atoms. The number of nitrogens with two attached hydrogens (primary N) is 1. The Labute approximate surface area is 113 Å². The minimum atomic E-state index is 0.718. The summed E-state index contributed by atoms with van der Waals surface area (Å²) < 4.78 is 1.15. The van der Waals surface area contributed by atoms with Crippen LogP contribution in [0.2, 0.25) is 0 Å². The van der Waals surface area contributed by atoms with E-state index in [1.807, 2.05) is 0 Å². The maximum Gasteiger partial charge on any atom is 0.0231 e. The van der Waals surface area contributed by atoms with Crippen molar-refractivity contribution < 1.29 is 0 Å². The van der Waals surface area contributed by atoms with Crippen LogP contribution in [-0.2, 0) is 6.54 Å². The second-order valence-electron chi connectivity index (χ2n) is 4.86. The molecule has 0 aliphatic heterocycles. The van der Waals surface area contributed by atoms with E-state index in [1.165, 1.54) is 12.0 Å². The van der Waals surface area contributed by atoms with E-state index >= 15 is 0 Å². The van der Waals surface area contributed by atoms with Crippen molar-refractivity contribution in [1.29, 1.82) is 0 Å². The third-order valence-corrected chi connectivity index (χ3v) is 3.36.